The first-order chi connectivity index (χ1) is 9.88. The smallest absolute Gasteiger partial charge is 0.323 e. The third-order valence-corrected chi connectivity index (χ3v) is 2.88. The number of amides is 2. The van der Waals surface area contributed by atoms with Crippen LogP contribution in [-0.4, -0.2) is 29.6 Å². The van der Waals surface area contributed by atoms with Gasteiger partial charge in [0, 0.05) is 6.54 Å². The summed E-state index contributed by atoms with van der Waals surface area (Å²) >= 11 is 11.5. The van der Waals surface area contributed by atoms with E-state index in [4.69, 9.17) is 39.4 Å². The number of pyridine rings is 1. The Morgan fingerprint density at radius 3 is 2.52 bits per heavy atom. The average molecular weight is 335 g/mol. The maximum absolute atomic E-state index is 11.7. The predicted octanol–water partition coefficient (Wildman–Crippen LogP) is 1.21. The molecule has 0 saturated carbocycles. The molecular weight excluding hydrogens is 319 g/mol. The fourth-order valence-electron chi connectivity index (χ4n) is 1.51. The van der Waals surface area contributed by atoms with Gasteiger partial charge in [0.05, 0.1) is 0 Å². The summed E-state index contributed by atoms with van der Waals surface area (Å²) in [7, 11) is 0. The number of rotatable bonds is 7. The number of urea groups is 1. The van der Waals surface area contributed by atoms with Crippen molar-refractivity contribution in [3.05, 3.63) is 28.0 Å². The third-order valence-electron chi connectivity index (χ3n) is 2.50. The van der Waals surface area contributed by atoms with Crippen molar-refractivity contribution in [3.63, 3.8) is 0 Å². The topological polar surface area (TPSA) is 120 Å². The molecule has 0 saturated heterocycles. The molecule has 116 valence electrons. The van der Waals surface area contributed by atoms with Crippen molar-refractivity contribution in [2.24, 2.45) is 11.5 Å². The van der Waals surface area contributed by atoms with Crippen molar-refractivity contribution < 1.29 is 14.3 Å². The summed E-state index contributed by atoms with van der Waals surface area (Å²) in [6, 6.07) is 1.71. The molecule has 1 atom stereocenters. The van der Waals surface area contributed by atoms with Crippen LogP contribution in [0.5, 0.6) is 0 Å². The highest BCUT2D eigenvalue weighted by Gasteiger charge is 2.15. The number of nitrogens with two attached hydrogens (primary N) is 2. The molecule has 0 aliphatic carbocycles. The highest BCUT2D eigenvalue weighted by Crippen LogP contribution is 2.15. The second-order valence-corrected chi connectivity index (χ2v) is 5.04. The van der Waals surface area contributed by atoms with E-state index in [0.717, 1.165) is 0 Å². The summed E-state index contributed by atoms with van der Waals surface area (Å²) in [5, 5.41) is 2.84. The maximum Gasteiger partial charge on any atom is 0.323 e. The number of hydrogen-bond acceptors (Lipinski definition) is 5. The predicted molar refractivity (Wildman–Crippen MR) is 78.8 cm³/mol. The lowest BCUT2D eigenvalue weighted by Gasteiger charge is -2.11. The molecule has 9 heteroatoms. The van der Waals surface area contributed by atoms with E-state index in [0.29, 0.717) is 24.9 Å². The third kappa shape index (κ3) is 7.12. The first-order valence-electron chi connectivity index (χ1n) is 6.16. The first-order valence-corrected chi connectivity index (χ1v) is 6.91. The number of aromatic nitrogens is 1. The van der Waals surface area contributed by atoms with Gasteiger partial charge >= 0.3 is 12.0 Å². The molecule has 2 amide bonds. The number of carbonyl (C=O) groups is 2. The van der Waals surface area contributed by atoms with Gasteiger partial charge in [0.2, 0.25) is 0 Å². The largest absolute Gasteiger partial charge is 0.460 e. The molecular formula is C12H16Cl2N4O3. The van der Waals surface area contributed by atoms with Gasteiger partial charge in [0.1, 0.15) is 23.0 Å². The van der Waals surface area contributed by atoms with Crippen molar-refractivity contribution in [2.45, 2.75) is 25.5 Å². The molecule has 1 heterocycles. The van der Waals surface area contributed by atoms with Gasteiger partial charge in [0.15, 0.2) is 0 Å². The van der Waals surface area contributed by atoms with Crippen molar-refractivity contribution >= 4 is 35.2 Å². The van der Waals surface area contributed by atoms with Gasteiger partial charge in [-0.25, -0.2) is 9.78 Å². The number of halogens is 2. The Hall–Kier alpha value is -1.57. The van der Waals surface area contributed by atoms with Crippen LogP contribution in [0.25, 0.3) is 0 Å². The van der Waals surface area contributed by atoms with Gasteiger partial charge in [-0.05, 0) is 30.5 Å². The molecule has 21 heavy (non-hydrogen) atoms. The van der Waals surface area contributed by atoms with E-state index in [2.05, 4.69) is 10.3 Å². The summed E-state index contributed by atoms with van der Waals surface area (Å²) in [6.07, 6.45) is 0.892. The molecule has 0 radical (unpaired) electrons. The summed E-state index contributed by atoms with van der Waals surface area (Å²) < 4.78 is 5.06. The molecule has 1 aromatic heterocycles. The van der Waals surface area contributed by atoms with Crippen LogP contribution in [-0.2, 0) is 16.1 Å². The lowest BCUT2D eigenvalue weighted by atomic mass is 10.1. The van der Waals surface area contributed by atoms with Crippen molar-refractivity contribution in [1.82, 2.24) is 10.3 Å². The van der Waals surface area contributed by atoms with Crippen LogP contribution in [0.15, 0.2) is 12.1 Å². The SMILES string of the molecule is NC(=O)NCCC[C@H](N)C(=O)OCc1cc(Cl)nc(Cl)c1. The standard InChI is InChI=1S/C12H16Cl2N4O3/c13-9-4-7(5-10(14)18-9)6-21-11(19)8(15)2-1-3-17-12(16)20/h4-5,8H,1-3,6,15H2,(H3,16,17,20)/t8-/m0/s1. The number of carbonyl (C=O) groups excluding carboxylic acids is 2. The van der Waals surface area contributed by atoms with E-state index in [1.807, 2.05) is 0 Å². The molecule has 1 rings (SSSR count). The normalized spacial score (nSPS) is 11.8. The van der Waals surface area contributed by atoms with Crippen LogP contribution >= 0.6 is 23.2 Å². The fraction of sp³-hybridized carbons (Fsp3) is 0.417. The van der Waals surface area contributed by atoms with Crippen molar-refractivity contribution in [3.8, 4) is 0 Å². The molecule has 0 aromatic carbocycles. The van der Waals surface area contributed by atoms with E-state index in [1.54, 1.807) is 12.1 Å². The van der Waals surface area contributed by atoms with Gasteiger partial charge in [-0.2, -0.15) is 0 Å². The zero-order valence-corrected chi connectivity index (χ0v) is 12.7. The van der Waals surface area contributed by atoms with Gasteiger partial charge in [-0.1, -0.05) is 23.2 Å². The number of nitrogens with zero attached hydrogens (tertiary/aromatic N) is 1. The van der Waals surface area contributed by atoms with Crippen LogP contribution in [0.2, 0.25) is 10.3 Å². The van der Waals surface area contributed by atoms with E-state index < -0.39 is 18.0 Å². The molecule has 0 bridgehead atoms. The molecule has 7 nitrogen and oxygen atoms in total. The minimum Gasteiger partial charge on any atom is -0.460 e. The summed E-state index contributed by atoms with van der Waals surface area (Å²) in [5.41, 5.74) is 11.2. The summed E-state index contributed by atoms with van der Waals surface area (Å²) in [5.74, 6) is -0.543. The number of hydrogen-bond donors (Lipinski definition) is 3. The number of ether oxygens (including phenoxy) is 1. The lowest BCUT2D eigenvalue weighted by Crippen LogP contribution is -2.34. The Balaban J connectivity index is 2.33. The van der Waals surface area contributed by atoms with Gasteiger partial charge in [0.25, 0.3) is 0 Å². The second kappa shape index (κ2) is 8.66. The number of esters is 1. The van der Waals surface area contributed by atoms with E-state index in [-0.39, 0.29) is 16.9 Å². The number of nitrogens with one attached hydrogen (secondary N) is 1. The van der Waals surface area contributed by atoms with Gasteiger partial charge < -0.3 is 21.5 Å². The molecule has 0 unspecified atom stereocenters. The molecule has 5 N–H and O–H groups in total. The quantitative estimate of drug-likeness (QED) is 0.393. The molecule has 0 aliphatic rings. The summed E-state index contributed by atoms with van der Waals surface area (Å²) in [4.78, 5) is 25.9. The van der Waals surface area contributed by atoms with E-state index in [9.17, 15) is 9.59 Å². The Labute approximate surface area is 131 Å². The van der Waals surface area contributed by atoms with E-state index in [1.165, 1.54) is 0 Å². The highest BCUT2D eigenvalue weighted by molar-refractivity contribution is 6.32. The molecule has 0 aliphatic heterocycles. The molecule has 0 spiro atoms. The van der Waals surface area contributed by atoms with Crippen LogP contribution in [0, 0.1) is 0 Å². The average Bonchev–Trinajstić information content (AvgIpc) is 2.39. The Bertz CT molecular complexity index is 493. The van der Waals surface area contributed by atoms with Gasteiger partial charge in [-0.3, -0.25) is 4.79 Å². The minimum absolute atomic E-state index is 0.00797. The van der Waals surface area contributed by atoms with Crippen molar-refractivity contribution in [2.75, 3.05) is 6.54 Å². The lowest BCUT2D eigenvalue weighted by molar-refractivity contribution is -0.146. The van der Waals surface area contributed by atoms with Gasteiger partial charge in [-0.15, -0.1) is 0 Å². The highest BCUT2D eigenvalue weighted by atomic mass is 35.5. The van der Waals surface area contributed by atoms with Crippen LogP contribution in [0.3, 0.4) is 0 Å². The van der Waals surface area contributed by atoms with Crippen LogP contribution < -0.4 is 16.8 Å². The Kier molecular flexibility index (Phi) is 7.21. The molecule has 0 fully saturated rings. The molecule has 1 aromatic rings. The maximum atomic E-state index is 11.7. The van der Waals surface area contributed by atoms with Crippen molar-refractivity contribution in [1.29, 1.82) is 0 Å². The zero-order chi connectivity index (χ0) is 15.8. The monoisotopic (exact) mass is 334 g/mol. The fourth-order valence-corrected chi connectivity index (χ4v) is 2.02. The Morgan fingerprint density at radius 2 is 1.95 bits per heavy atom. The minimum atomic E-state index is -0.771. The van der Waals surface area contributed by atoms with Crippen LogP contribution in [0.1, 0.15) is 18.4 Å². The van der Waals surface area contributed by atoms with E-state index >= 15 is 0 Å². The van der Waals surface area contributed by atoms with Crippen LogP contribution in [0.4, 0.5) is 4.79 Å². The first kappa shape index (κ1) is 17.5. The zero-order valence-electron chi connectivity index (χ0n) is 11.1. The number of primary amides is 1. The summed E-state index contributed by atoms with van der Waals surface area (Å²) in [6.45, 7) is 0.361. The second-order valence-electron chi connectivity index (χ2n) is 4.27. The Morgan fingerprint density at radius 1 is 1.33 bits per heavy atom.